The number of hydrogen-bond acceptors (Lipinski definition) is 3. The normalized spacial score (nSPS) is 19.4. The summed E-state index contributed by atoms with van der Waals surface area (Å²) in [6.07, 6.45) is 10.5. The fourth-order valence-electron chi connectivity index (χ4n) is 5.50. The molecule has 0 spiro atoms. The third-order valence-corrected chi connectivity index (χ3v) is 7.27. The fraction of sp³-hybridized carbons (Fsp3) is 0.680. The zero-order chi connectivity index (χ0) is 22.3. The summed E-state index contributed by atoms with van der Waals surface area (Å²) in [6.45, 7) is 3.78. The zero-order valence-corrected chi connectivity index (χ0v) is 19.1. The molecule has 1 saturated carbocycles. The van der Waals surface area contributed by atoms with Crippen LogP contribution in [0.3, 0.4) is 0 Å². The minimum absolute atomic E-state index is 0.0971. The first-order valence-electron chi connectivity index (χ1n) is 11.9. The molecule has 6 nitrogen and oxygen atoms in total. The van der Waals surface area contributed by atoms with E-state index in [1.165, 1.54) is 57.8 Å². The largest absolute Gasteiger partial charge is 0.497 e. The minimum atomic E-state index is -1.16. The minimum Gasteiger partial charge on any atom is -0.497 e. The van der Waals surface area contributed by atoms with Crippen LogP contribution in [0.4, 0.5) is 4.79 Å². The topological polar surface area (TPSA) is 78.9 Å². The molecule has 172 valence electrons. The lowest BCUT2D eigenvalue weighted by atomic mass is 9.61. The van der Waals surface area contributed by atoms with Gasteiger partial charge in [-0.2, -0.15) is 0 Å². The first kappa shape index (κ1) is 23.4. The number of rotatable bonds is 10. The molecule has 1 heterocycles. The zero-order valence-electron chi connectivity index (χ0n) is 19.1. The number of carboxylic acid groups (broad SMARTS) is 1. The highest BCUT2D eigenvalue weighted by atomic mass is 16.5. The Balaban J connectivity index is 1.66. The average molecular weight is 431 g/mol. The highest BCUT2D eigenvalue weighted by Gasteiger charge is 2.50. The van der Waals surface area contributed by atoms with Crippen LogP contribution in [0.25, 0.3) is 0 Å². The number of carbonyl (C=O) groups is 2. The van der Waals surface area contributed by atoms with Gasteiger partial charge in [0.2, 0.25) is 5.91 Å². The third-order valence-electron chi connectivity index (χ3n) is 7.27. The van der Waals surface area contributed by atoms with E-state index in [-0.39, 0.29) is 11.3 Å². The van der Waals surface area contributed by atoms with Crippen molar-refractivity contribution in [3.63, 3.8) is 0 Å². The average Bonchev–Trinajstić information content (AvgIpc) is 2.75. The summed E-state index contributed by atoms with van der Waals surface area (Å²) in [6, 6.07) is 6.68. The number of methoxy groups -OCH3 is 1. The van der Waals surface area contributed by atoms with E-state index >= 15 is 0 Å². The SMILES string of the molecule is CCCCCC1(C2CCCCC2)CN(C(=O)[C@@H](Cc2ccc(OC)cc2)NC(=O)O)C1. The standard InChI is InChI=1S/C25H38N2O4/c1-3-4-8-15-25(20-9-6-5-7-10-20)17-27(18-25)23(28)22(26-24(29)30)16-19-11-13-21(31-2)14-12-19/h11-14,20,22,26H,3-10,15-18H2,1-2H3,(H,29,30)/t22-/m1/s1. The lowest BCUT2D eigenvalue weighted by Crippen LogP contribution is -2.65. The first-order valence-corrected chi connectivity index (χ1v) is 11.9. The molecule has 1 aliphatic carbocycles. The Bertz CT molecular complexity index is 722. The van der Waals surface area contributed by atoms with Crippen molar-refractivity contribution in [1.82, 2.24) is 10.2 Å². The van der Waals surface area contributed by atoms with Crippen LogP contribution in [0.1, 0.15) is 70.3 Å². The second-order valence-electron chi connectivity index (χ2n) is 9.40. The Hall–Kier alpha value is -2.24. The van der Waals surface area contributed by atoms with E-state index in [4.69, 9.17) is 4.74 Å². The first-order chi connectivity index (χ1) is 15.0. The monoisotopic (exact) mass is 430 g/mol. The Labute approximate surface area is 186 Å². The number of unbranched alkanes of at least 4 members (excludes halogenated alkanes) is 2. The van der Waals surface area contributed by atoms with E-state index in [1.54, 1.807) is 7.11 Å². The molecule has 0 radical (unpaired) electrons. The maximum atomic E-state index is 13.3. The van der Waals surface area contributed by atoms with Gasteiger partial charge in [0.05, 0.1) is 7.11 Å². The van der Waals surface area contributed by atoms with Gasteiger partial charge in [-0.3, -0.25) is 4.79 Å². The smallest absolute Gasteiger partial charge is 0.405 e. The molecule has 1 atom stereocenters. The number of amides is 2. The number of nitrogens with zero attached hydrogens (tertiary/aromatic N) is 1. The van der Waals surface area contributed by atoms with Crippen LogP contribution in [0.5, 0.6) is 5.75 Å². The summed E-state index contributed by atoms with van der Waals surface area (Å²) in [5, 5.41) is 11.8. The predicted molar refractivity (Wildman–Crippen MR) is 121 cm³/mol. The van der Waals surface area contributed by atoms with E-state index < -0.39 is 12.1 Å². The van der Waals surface area contributed by atoms with Crippen molar-refractivity contribution < 1.29 is 19.4 Å². The number of nitrogens with one attached hydrogen (secondary N) is 1. The highest BCUT2D eigenvalue weighted by Crippen LogP contribution is 2.48. The summed E-state index contributed by atoms with van der Waals surface area (Å²) in [7, 11) is 1.61. The van der Waals surface area contributed by atoms with Crippen molar-refractivity contribution >= 4 is 12.0 Å². The van der Waals surface area contributed by atoms with Crippen molar-refractivity contribution in [3.05, 3.63) is 29.8 Å². The Morgan fingerprint density at radius 2 is 1.84 bits per heavy atom. The molecule has 6 heteroatoms. The number of hydrogen-bond donors (Lipinski definition) is 2. The maximum absolute atomic E-state index is 13.3. The predicted octanol–water partition coefficient (Wildman–Crippen LogP) is 4.86. The molecule has 3 rings (SSSR count). The molecule has 0 bridgehead atoms. The second kappa shape index (κ2) is 10.9. The van der Waals surface area contributed by atoms with Crippen molar-refractivity contribution in [3.8, 4) is 5.75 Å². The van der Waals surface area contributed by atoms with Gasteiger partial charge in [-0.25, -0.2) is 4.79 Å². The van der Waals surface area contributed by atoms with Gasteiger partial charge in [-0.15, -0.1) is 0 Å². The maximum Gasteiger partial charge on any atom is 0.405 e. The van der Waals surface area contributed by atoms with E-state index in [9.17, 15) is 14.7 Å². The van der Waals surface area contributed by atoms with Crippen LogP contribution in [0, 0.1) is 11.3 Å². The molecule has 2 N–H and O–H groups in total. The molecule has 31 heavy (non-hydrogen) atoms. The molecule has 1 saturated heterocycles. The molecule has 2 aliphatic rings. The van der Waals surface area contributed by atoms with E-state index in [2.05, 4.69) is 12.2 Å². The summed E-state index contributed by atoms with van der Waals surface area (Å²) in [5.74, 6) is 1.35. The van der Waals surface area contributed by atoms with Gasteiger partial charge >= 0.3 is 6.09 Å². The lowest BCUT2D eigenvalue weighted by Gasteiger charge is -2.56. The molecule has 1 aromatic carbocycles. The van der Waals surface area contributed by atoms with Gasteiger partial charge < -0.3 is 20.1 Å². The Kier molecular flexibility index (Phi) is 8.22. The summed E-state index contributed by atoms with van der Waals surface area (Å²) < 4.78 is 5.19. The van der Waals surface area contributed by atoms with Crippen molar-refractivity contribution in [2.75, 3.05) is 20.2 Å². The van der Waals surface area contributed by atoms with Crippen molar-refractivity contribution in [1.29, 1.82) is 0 Å². The molecule has 1 aliphatic heterocycles. The Morgan fingerprint density at radius 3 is 2.42 bits per heavy atom. The number of benzene rings is 1. The van der Waals surface area contributed by atoms with Gasteiger partial charge in [0.1, 0.15) is 11.8 Å². The summed E-state index contributed by atoms with van der Waals surface area (Å²) >= 11 is 0. The molecule has 1 aromatic rings. The van der Waals surface area contributed by atoms with Crippen LogP contribution in [0.2, 0.25) is 0 Å². The van der Waals surface area contributed by atoms with Gasteiger partial charge in [0.15, 0.2) is 0 Å². The molecule has 0 unspecified atom stereocenters. The van der Waals surface area contributed by atoms with E-state index in [0.29, 0.717) is 12.3 Å². The number of likely N-dealkylation sites (tertiary alicyclic amines) is 1. The molecule has 2 fully saturated rings. The second-order valence-corrected chi connectivity index (χ2v) is 9.40. The lowest BCUT2D eigenvalue weighted by molar-refractivity contribution is -0.152. The quantitative estimate of drug-likeness (QED) is 0.520. The third kappa shape index (κ3) is 5.92. The molecule has 0 aromatic heterocycles. The van der Waals surface area contributed by atoms with Crippen LogP contribution in [-0.4, -0.2) is 48.2 Å². The molecule has 2 amide bonds. The number of carbonyl (C=O) groups excluding carboxylic acids is 1. The van der Waals surface area contributed by atoms with Crippen LogP contribution in [0.15, 0.2) is 24.3 Å². The molecular formula is C25H38N2O4. The molecular weight excluding hydrogens is 392 g/mol. The van der Waals surface area contributed by atoms with Crippen molar-refractivity contribution in [2.24, 2.45) is 11.3 Å². The van der Waals surface area contributed by atoms with Crippen LogP contribution >= 0.6 is 0 Å². The van der Waals surface area contributed by atoms with Gasteiger partial charge in [-0.05, 0) is 42.9 Å². The highest BCUT2D eigenvalue weighted by molar-refractivity contribution is 5.86. The van der Waals surface area contributed by atoms with Crippen LogP contribution < -0.4 is 10.1 Å². The number of ether oxygens (including phenoxy) is 1. The van der Waals surface area contributed by atoms with Gasteiger partial charge in [0, 0.05) is 24.9 Å². The van der Waals surface area contributed by atoms with E-state index in [0.717, 1.165) is 24.4 Å². The van der Waals surface area contributed by atoms with Gasteiger partial charge in [-0.1, -0.05) is 57.6 Å². The summed E-state index contributed by atoms with van der Waals surface area (Å²) in [4.78, 5) is 26.5. The van der Waals surface area contributed by atoms with Gasteiger partial charge in [0.25, 0.3) is 0 Å². The van der Waals surface area contributed by atoms with Crippen molar-refractivity contribution in [2.45, 2.75) is 77.2 Å². The Morgan fingerprint density at radius 1 is 1.16 bits per heavy atom. The fourth-order valence-corrected chi connectivity index (χ4v) is 5.50. The summed E-state index contributed by atoms with van der Waals surface area (Å²) in [5.41, 5.74) is 1.15. The van der Waals surface area contributed by atoms with E-state index in [1.807, 2.05) is 29.2 Å². The van der Waals surface area contributed by atoms with Crippen LogP contribution in [-0.2, 0) is 11.2 Å².